The Morgan fingerprint density at radius 2 is 1.46 bits per heavy atom. The molecular weight excluding hydrogens is 328 g/mol. The SMILES string of the molecule is O=C(Cc1ccc2c(c1)OCO2)NN(c1ccccc1)c1ccccc1. The molecule has 4 rings (SSSR count). The molecule has 1 heterocycles. The maximum Gasteiger partial charge on any atom is 0.243 e. The van der Waals surface area contributed by atoms with Crippen LogP contribution in [0, 0.1) is 0 Å². The number of carbonyl (C=O) groups is 1. The Morgan fingerprint density at radius 1 is 0.846 bits per heavy atom. The maximum atomic E-state index is 12.6. The summed E-state index contributed by atoms with van der Waals surface area (Å²) in [5.74, 6) is 1.28. The minimum atomic E-state index is -0.114. The highest BCUT2D eigenvalue weighted by atomic mass is 16.7. The summed E-state index contributed by atoms with van der Waals surface area (Å²) < 4.78 is 10.7. The first-order valence-corrected chi connectivity index (χ1v) is 8.38. The number of fused-ring (bicyclic) bond motifs is 1. The lowest BCUT2D eigenvalue weighted by Crippen LogP contribution is -2.39. The van der Waals surface area contributed by atoms with Gasteiger partial charge in [-0.3, -0.25) is 15.2 Å². The predicted octanol–water partition coefficient (Wildman–Crippen LogP) is 3.83. The number of hydrazine groups is 1. The van der Waals surface area contributed by atoms with E-state index in [2.05, 4.69) is 5.43 Å². The van der Waals surface area contributed by atoms with E-state index >= 15 is 0 Å². The van der Waals surface area contributed by atoms with Gasteiger partial charge < -0.3 is 9.47 Å². The molecule has 26 heavy (non-hydrogen) atoms. The summed E-state index contributed by atoms with van der Waals surface area (Å²) in [6.45, 7) is 0.223. The van der Waals surface area contributed by atoms with Crippen LogP contribution in [0.1, 0.15) is 5.56 Å². The van der Waals surface area contributed by atoms with Crippen molar-refractivity contribution >= 4 is 17.3 Å². The Hall–Kier alpha value is -3.47. The fourth-order valence-corrected chi connectivity index (χ4v) is 2.83. The van der Waals surface area contributed by atoms with E-state index in [1.54, 1.807) is 5.01 Å². The molecule has 130 valence electrons. The zero-order chi connectivity index (χ0) is 17.8. The van der Waals surface area contributed by atoms with Gasteiger partial charge in [-0.05, 0) is 42.0 Å². The third kappa shape index (κ3) is 3.47. The quantitative estimate of drug-likeness (QED) is 0.714. The molecule has 0 radical (unpaired) electrons. The lowest BCUT2D eigenvalue weighted by Gasteiger charge is -2.25. The van der Waals surface area contributed by atoms with E-state index in [0.29, 0.717) is 11.5 Å². The summed E-state index contributed by atoms with van der Waals surface area (Å²) >= 11 is 0. The summed E-state index contributed by atoms with van der Waals surface area (Å²) in [5.41, 5.74) is 5.63. The Morgan fingerprint density at radius 3 is 2.12 bits per heavy atom. The molecule has 0 saturated heterocycles. The summed E-state index contributed by atoms with van der Waals surface area (Å²) in [6.07, 6.45) is 0.243. The van der Waals surface area contributed by atoms with E-state index in [4.69, 9.17) is 9.47 Å². The normalized spacial score (nSPS) is 11.8. The third-order valence-corrected chi connectivity index (χ3v) is 4.07. The molecule has 0 fully saturated rings. The molecule has 0 aliphatic carbocycles. The van der Waals surface area contributed by atoms with Gasteiger partial charge in [-0.2, -0.15) is 0 Å². The number of nitrogens with one attached hydrogen (secondary N) is 1. The Kier molecular flexibility index (Phi) is 4.43. The standard InChI is InChI=1S/C21H18N2O3/c24-21(14-16-11-12-19-20(13-16)26-15-25-19)22-23(17-7-3-1-4-8-17)18-9-5-2-6-10-18/h1-13H,14-15H2,(H,22,24). The average molecular weight is 346 g/mol. The lowest BCUT2D eigenvalue weighted by atomic mass is 10.1. The second-order valence-corrected chi connectivity index (χ2v) is 5.91. The molecule has 1 amide bonds. The fourth-order valence-electron chi connectivity index (χ4n) is 2.83. The van der Waals surface area contributed by atoms with Crippen molar-refractivity contribution in [2.45, 2.75) is 6.42 Å². The predicted molar refractivity (Wildman–Crippen MR) is 99.4 cm³/mol. The number of rotatable bonds is 5. The van der Waals surface area contributed by atoms with Crippen molar-refractivity contribution < 1.29 is 14.3 Å². The molecule has 0 saturated carbocycles. The topological polar surface area (TPSA) is 50.8 Å². The monoisotopic (exact) mass is 346 g/mol. The molecule has 3 aromatic rings. The highest BCUT2D eigenvalue weighted by Gasteiger charge is 2.16. The molecule has 0 atom stereocenters. The number of hydrogen-bond acceptors (Lipinski definition) is 4. The molecule has 0 aromatic heterocycles. The fraction of sp³-hybridized carbons (Fsp3) is 0.0952. The molecule has 5 heteroatoms. The van der Waals surface area contributed by atoms with Crippen molar-refractivity contribution in [1.29, 1.82) is 0 Å². The van der Waals surface area contributed by atoms with E-state index < -0.39 is 0 Å². The lowest BCUT2D eigenvalue weighted by molar-refractivity contribution is -0.120. The Bertz CT molecular complexity index is 858. The second kappa shape index (κ2) is 7.19. The molecule has 5 nitrogen and oxygen atoms in total. The van der Waals surface area contributed by atoms with Gasteiger partial charge >= 0.3 is 0 Å². The number of anilines is 2. The average Bonchev–Trinajstić information content (AvgIpc) is 3.15. The molecule has 1 aliphatic rings. The smallest absolute Gasteiger partial charge is 0.243 e. The molecule has 0 unspecified atom stereocenters. The number of carbonyl (C=O) groups excluding carboxylic acids is 1. The van der Waals surface area contributed by atoms with Gasteiger partial charge in [-0.15, -0.1) is 0 Å². The zero-order valence-electron chi connectivity index (χ0n) is 14.1. The molecule has 1 aliphatic heterocycles. The minimum absolute atomic E-state index is 0.114. The van der Waals surface area contributed by atoms with Crippen LogP contribution in [0.4, 0.5) is 11.4 Å². The first kappa shape index (κ1) is 16.0. The van der Waals surface area contributed by atoms with Crippen LogP contribution < -0.4 is 19.9 Å². The van der Waals surface area contributed by atoms with Gasteiger partial charge in [0.2, 0.25) is 12.7 Å². The van der Waals surface area contributed by atoms with Gasteiger partial charge in [-0.1, -0.05) is 42.5 Å². The highest BCUT2D eigenvalue weighted by Crippen LogP contribution is 2.32. The van der Waals surface area contributed by atoms with Crippen LogP contribution in [0.25, 0.3) is 0 Å². The largest absolute Gasteiger partial charge is 0.454 e. The number of ether oxygens (including phenoxy) is 2. The van der Waals surface area contributed by atoms with Crippen LogP contribution in [0.2, 0.25) is 0 Å². The van der Waals surface area contributed by atoms with Gasteiger partial charge in [-0.25, -0.2) is 0 Å². The molecule has 0 bridgehead atoms. The van der Waals surface area contributed by atoms with Crippen molar-refractivity contribution in [1.82, 2.24) is 5.43 Å². The van der Waals surface area contributed by atoms with Crippen LogP contribution in [0.5, 0.6) is 11.5 Å². The van der Waals surface area contributed by atoms with Gasteiger partial charge in [0.05, 0.1) is 17.8 Å². The number of nitrogens with zero attached hydrogens (tertiary/aromatic N) is 1. The van der Waals surface area contributed by atoms with Crippen molar-refractivity contribution in [2.75, 3.05) is 11.8 Å². The van der Waals surface area contributed by atoms with Gasteiger partial charge in [0, 0.05) is 0 Å². The molecule has 3 aromatic carbocycles. The van der Waals surface area contributed by atoms with Crippen molar-refractivity contribution in [2.24, 2.45) is 0 Å². The van der Waals surface area contributed by atoms with Gasteiger partial charge in [0.1, 0.15) is 0 Å². The van der Waals surface area contributed by atoms with Crippen LogP contribution in [0.3, 0.4) is 0 Å². The Balaban J connectivity index is 1.53. The van der Waals surface area contributed by atoms with E-state index in [1.807, 2.05) is 78.9 Å². The number of amides is 1. The van der Waals surface area contributed by atoms with E-state index in [9.17, 15) is 4.79 Å². The van der Waals surface area contributed by atoms with Gasteiger partial charge in [0.25, 0.3) is 0 Å². The maximum absolute atomic E-state index is 12.6. The molecular formula is C21H18N2O3. The van der Waals surface area contributed by atoms with Crippen LogP contribution in [0.15, 0.2) is 78.9 Å². The summed E-state index contributed by atoms with van der Waals surface area (Å²) in [5, 5.41) is 1.79. The minimum Gasteiger partial charge on any atom is -0.454 e. The summed E-state index contributed by atoms with van der Waals surface area (Å²) in [4.78, 5) is 12.6. The van der Waals surface area contributed by atoms with Crippen LogP contribution in [-0.2, 0) is 11.2 Å². The molecule has 1 N–H and O–H groups in total. The Labute approximate surface area is 151 Å². The van der Waals surface area contributed by atoms with E-state index in [-0.39, 0.29) is 19.1 Å². The summed E-state index contributed by atoms with van der Waals surface area (Å²) in [7, 11) is 0. The van der Waals surface area contributed by atoms with Crippen molar-refractivity contribution in [3.8, 4) is 11.5 Å². The van der Waals surface area contributed by atoms with E-state index in [0.717, 1.165) is 16.9 Å². The first-order chi connectivity index (χ1) is 12.8. The number of para-hydroxylation sites is 2. The van der Waals surface area contributed by atoms with Crippen molar-refractivity contribution in [3.63, 3.8) is 0 Å². The first-order valence-electron chi connectivity index (χ1n) is 8.38. The van der Waals surface area contributed by atoms with Crippen LogP contribution in [-0.4, -0.2) is 12.7 Å². The number of benzene rings is 3. The number of hydrogen-bond donors (Lipinski definition) is 1. The van der Waals surface area contributed by atoms with E-state index in [1.165, 1.54) is 0 Å². The van der Waals surface area contributed by atoms with Crippen LogP contribution >= 0.6 is 0 Å². The summed E-state index contributed by atoms with van der Waals surface area (Å²) in [6, 6.07) is 25.0. The van der Waals surface area contributed by atoms with Crippen molar-refractivity contribution in [3.05, 3.63) is 84.4 Å². The third-order valence-electron chi connectivity index (χ3n) is 4.07. The van der Waals surface area contributed by atoms with Gasteiger partial charge in [0.15, 0.2) is 11.5 Å². The highest BCUT2D eigenvalue weighted by molar-refractivity contribution is 5.82. The molecule has 0 spiro atoms. The zero-order valence-corrected chi connectivity index (χ0v) is 14.1. The second-order valence-electron chi connectivity index (χ2n) is 5.91.